The number of nitrogens with one attached hydrogen (secondary N) is 1. The molecule has 9 heteroatoms. The van der Waals surface area contributed by atoms with Gasteiger partial charge in [-0.2, -0.15) is 0 Å². The molecule has 1 aromatic heterocycles. The molecule has 0 fully saturated rings. The number of hydrogen-bond acceptors (Lipinski definition) is 7. The molecule has 28 heavy (non-hydrogen) atoms. The lowest BCUT2D eigenvalue weighted by molar-refractivity contribution is -0.139. The summed E-state index contributed by atoms with van der Waals surface area (Å²) in [7, 11) is 0. The van der Waals surface area contributed by atoms with Crippen LogP contribution in [0.5, 0.6) is 5.75 Å². The van der Waals surface area contributed by atoms with Crippen molar-refractivity contribution in [3.05, 3.63) is 36.7 Å². The number of carboxylic acids is 1. The summed E-state index contributed by atoms with van der Waals surface area (Å²) in [6, 6.07) is 7.92. The Morgan fingerprint density at radius 2 is 2.04 bits per heavy atom. The van der Waals surface area contributed by atoms with Gasteiger partial charge in [-0.3, -0.25) is 9.59 Å². The first kappa shape index (κ1) is 21.3. The van der Waals surface area contributed by atoms with Gasteiger partial charge in [0, 0.05) is 17.5 Å². The van der Waals surface area contributed by atoms with Gasteiger partial charge in [0.05, 0.1) is 12.3 Å². The molecule has 2 atom stereocenters. The minimum atomic E-state index is -1.16. The second-order valence-corrected chi connectivity index (χ2v) is 6.16. The average molecular weight is 387 g/mol. The van der Waals surface area contributed by atoms with Crippen molar-refractivity contribution < 1.29 is 19.4 Å². The number of ether oxygens (including phenoxy) is 1. The summed E-state index contributed by atoms with van der Waals surface area (Å²) >= 11 is 0. The summed E-state index contributed by atoms with van der Waals surface area (Å²) in [6.45, 7) is 2.64. The van der Waals surface area contributed by atoms with Crippen molar-refractivity contribution in [2.24, 2.45) is 17.4 Å². The van der Waals surface area contributed by atoms with E-state index in [0.29, 0.717) is 30.3 Å². The smallest absolute Gasteiger partial charge is 0.320 e. The zero-order valence-electron chi connectivity index (χ0n) is 15.7. The third-order valence-corrected chi connectivity index (χ3v) is 4.12. The zero-order chi connectivity index (χ0) is 20.5. The Balaban J connectivity index is 2.19. The lowest BCUT2D eigenvalue weighted by Gasteiger charge is -2.18. The maximum atomic E-state index is 12.6. The van der Waals surface area contributed by atoms with Gasteiger partial charge in [-0.05, 0) is 38.4 Å². The van der Waals surface area contributed by atoms with Crippen LogP contribution in [0, 0.1) is 5.92 Å². The first-order valence-corrected chi connectivity index (χ1v) is 8.99. The number of benzene rings is 1. The number of carboxylic acid groups (broad SMARTS) is 1. The summed E-state index contributed by atoms with van der Waals surface area (Å²) < 4.78 is 5.62. The standard InChI is InChI=1S/C19H25N5O4/c1-2-28-16-6-4-3-5-13(16)15-10-17(23-11-22-15)24-18(25)12(7-8-20)9-14(21)19(26)27/h3-6,10-12,14H,2,7-9,20-21H2,1H3,(H,26,27)(H,22,23,24,25). The van der Waals surface area contributed by atoms with E-state index in [2.05, 4.69) is 15.3 Å². The zero-order valence-corrected chi connectivity index (χ0v) is 15.7. The molecule has 1 aromatic carbocycles. The van der Waals surface area contributed by atoms with Crippen molar-refractivity contribution in [1.82, 2.24) is 9.97 Å². The van der Waals surface area contributed by atoms with Crippen molar-refractivity contribution in [2.45, 2.75) is 25.8 Å². The fourth-order valence-corrected chi connectivity index (χ4v) is 2.73. The van der Waals surface area contributed by atoms with E-state index in [1.165, 1.54) is 6.33 Å². The van der Waals surface area contributed by atoms with E-state index in [4.69, 9.17) is 21.3 Å². The van der Waals surface area contributed by atoms with Gasteiger partial charge in [0.2, 0.25) is 5.91 Å². The Bertz CT molecular complexity index is 814. The minimum absolute atomic E-state index is 0.0104. The van der Waals surface area contributed by atoms with Crippen molar-refractivity contribution in [1.29, 1.82) is 0 Å². The number of carbonyl (C=O) groups is 2. The quantitative estimate of drug-likeness (QED) is 0.475. The summed E-state index contributed by atoms with van der Waals surface area (Å²) in [6.07, 6.45) is 1.65. The number of para-hydroxylation sites is 1. The molecule has 0 saturated heterocycles. The van der Waals surface area contributed by atoms with Gasteiger partial charge in [0.25, 0.3) is 0 Å². The summed E-state index contributed by atoms with van der Waals surface area (Å²) in [4.78, 5) is 31.9. The van der Waals surface area contributed by atoms with E-state index in [9.17, 15) is 9.59 Å². The SMILES string of the molecule is CCOc1ccccc1-c1cc(NC(=O)C(CCN)CC(N)C(=O)O)ncn1. The monoisotopic (exact) mass is 387 g/mol. The first-order valence-electron chi connectivity index (χ1n) is 8.99. The number of nitrogens with zero attached hydrogens (tertiary/aromatic N) is 2. The fraction of sp³-hybridized carbons (Fsp3) is 0.368. The number of aliphatic carboxylic acids is 1. The molecular weight excluding hydrogens is 362 g/mol. The Morgan fingerprint density at radius 3 is 2.71 bits per heavy atom. The number of aromatic nitrogens is 2. The van der Waals surface area contributed by atoms with Gasteiger partial charge in [0.1, 0.15) is 23.9 Å². The largest absolute Gasteiger partial charge is 0.493 e. The van der Waals surface area contributed by atoms with Gasteiger partial charge in [-0.15, -0.1) is 0 Å². The highest BCUT2D eigenvalue weighted by Gasteiger charge is 2.24. The number of hydrogen-bond donors (Lipinski definition) is 4. The highest BCUT2D eigenvalue weighted by Crippen LogP contribution is 2.29. The molecule has 150 valence electrons. The molecule has 0 bridgehead atoms. The van der Waals surface area contributed by atoms with Crippen LogP contribution in [0.15, 0.2) is 36.7 Å². The van der Waals surface area contributed by atoms with Crippen LogP contribution in [0.4, 0.5) is 5.82 Å². The Hall–Kier alpha value is -3.04. The van der Waals surface area contributed by atoms with Crippen LogP contribution in [0.25, 0.3) is 11.3 Å². The maximum absolute atomic E-state index is 12.6. The molecule has 2 aromatic rings. The second kappa shape index (κ2) is 10.3. The molecule has 0 aliphatic rings. The molecular formula is C19H25N5O4. The van der Waals surface area contributed by atoms with Gasteiger partial charge in [-0.25, -0.2) is 9.97 Å². The molecule has 2 unspecified atom stereocenters. The lowest BCUT2D eigenvalue weighted by Crippen LogP contribution is -2.37. The van der Waals surface area contributed by atoms with Crippen LogP contribution in [0.3, 0.4) is 0 Å². The summed E-state index contributed by atoms with van der Waals surface area (Å²) in [5, 5.41) is 11.7. The number of rotatable bonds is 10. The minimum Gasteiger partial charge on any atom is -0.493 e. The lowest BCUT2D eigenvalue weighted by atomic mass is 9.96. The predicted molar refractivity (Wildman–Crippen MR) is 105 cm³/mol. The van der Waals surface area contributed by atoms with E-state index in [0.717, 1.165) is 5.56 Å². The van der Waals surface area contributed by atoms with Crippen LogP contribution >= 0.6 is 0 Å². The molecule has 2 rings (SSSR count). The highest BCUT2D eigenvalue weighted by atomic mass is 16.5. The van der Waals surface area contributed by atoms with E-state index < -0.39 is 17.9 Å². The van der Waals surface area contributed by atoms with Crippen LogP contribution in [-0.4, -0.2) is 46.1 Å². The first-order chi connectivity index (χ1) is 13.5. The van der Waals surface area contributed by atoms with Crippen LogP contribution in [0.2, 0.25) is 0 Å². The second-order valence-electron chi connectivity index (χ2n) is 6.16. The van der Waals surface area contributed by atoms with Gasteiger partial charge < -0.3 is 26.6 Å². The predicted octanol–water partition coefficient (Wildman–Crippen LogP) is 1.25. The number of amides is 1. The Kier molecular flexibility index (Phi) is 7.85. The Labute approximate surface area is 163 Å². The van der Waals surface area contributed by atoms with Crippen molar-refractivity contribution in [3.8, 4) is 17.0 Å². The van der Waals surface area contributed by atoms with Gasteiger partial charge in [-0.1, -0.05) is 12.1 Å². The third kappa shape index (κ3) is 5.73. The fourth-order valence-electron chi connectivity index (χ4n) is 2.73. The molecule has 9 nitrogen and oxygen atoms in total. The van der Waals surface area contributed by atoms with Crippen LogP contribution < -0.4 is 21.5 Å². The van der Waals surface area contributed by atoms with Crippen LogP contribution in [-0.2, 0) is 9.59 Å². The number of carbonyl (C=O) groups excluding carboxylic acids is 1. The molecule has 1 amide bonds. The number of nitrogens with two attached hydrogens (primary N) is 2. The molecule has 0 saturated carbocycles. The molecule has 0 spiro atoms. The van der Waals surface area contributed by atoms with E-state index in [1.54, 1.807) is 6.07 Å². The highest BCUT2D eigenvalue weighted by molar-refractivity contribution is 5.92. The van der Waals surface area contributed by atoms with Crippen molar-refractivity contribution in [2.75, 3.05) is 18.5 Å². The molecule has 1 heterocycles. The third-order valence-electron chi connectivity index (χ3n) is 4.12. The van der Waals surface area contributed by atoms with Crippen LogP contribution in [0.1, 0.15) is 19.8 Å². The normalized spacial score (nSPS) is 12.8. The average Bonchev–Trinajstić information content (AvgIpc) is 2.68. The van der Waals surface area contributed by atoms with Crippen molar-refractivity contribution in [3.63, 3.8) is 0 Å². The number of anilines is 1. The molecule has 0 radical (unpaired) electrons. The van der Waals surface area contributed by atoms with E-state index in [-0.39, 0.29) is 18.9 Å². The van der Waals surface area contributed by atoms with Gasteiger partial charge in [0.15, 0.2) is 0 Å². The molecule has 6 N–H and O–H groups in total. The maximum Gasteiger partial charge on any atom is 0.320 e. The van der Waals surface area contributed by atoms with E-state index in [1.807, 2.05) is 31.2 Å². The molecule has 0 aliphatic carbocycles. The molecule has 0 aliphatic heterocycles. The Morgan fingerprint density at radius 1 is 1.29 bits per heavy atom. The van der Waals surface area contributed by atoms with E-state index >= 15 is 0 Å². The van der Waals surface area contributed by atoms with Crippen molar-refractivity contribution >= 4 is 17.7 Å². The summed E-state index contributed by atoms with van der Waals surface area (Å²) in [5.74, 6) is -1.21. The van der Waals surface area contributed by atoms with Gasteiger partial charge >= 0.3 is 5.97 Å². The summed E-state index contributed by atoms with van der Waals surface area (Å²) in [5.41, 5.74) is 12.5. The topological polar surface area (TPSA) is 153 Å².